The zero-order valence-corrected chi connectivity index (χ0v) is 16.9. The fourth-order valence-corrected chi connectivity index (χ4v) is 5.00. The lowest BCUT2D eigenvalue weighted by molar-refractivity contribution is 0.0826. The van der Waals surface area contributed by atoms with Crippen molar-refractivity contribution in [1.29, 1.82) is 0 Å². The second-order valence-electron chi connectivity index (χ2n) is 8.35. The number of nitrogens with zero attached hydrogens (tertiary/aromatic N) is 3. The standard InChI is InChI=1S/C24H28N4O/c1-17(28-16-26-21-5-2-3-6-22(21)28)18-8-10-19(11-9-18)24(29)23-7-4-14-27(23)20-12-13-25-15-20/h2-3,5-6,8-11,16-17,20,23,25H,4,7,12-15H2,1H3/t17-,20?,23?/m0/s1. The molecule has 0 bridgehead atoms. The molecule has 0 radical (unpaired) electrons. The molecular formula is C24H28N4O. The summed E-state index contributed by atoms with van der Waals surface area (Å²) in [7, 11) is 0. The van der Waals surface area contributed by atoms with Gasteiger partial charge in [0.15, 0.2) is 5.78 Å². The topological polar surface area (TPSA) is 50.2 Å². The van der Waals surface area contributed by atoms with E-state index in [9.17, 15) is 4.79 Å². The number of Topliss-reactive ketones (excluding diaryl/α,β-unsaturated/α-hetero) is 1. The van der Waals surface area contributed by atoms with Crippen LogP contribution >= 0.6 is 0 Å². The molecule has 3 atom stereocenters. The minimum absolute atomic E-state index is 0.0424. The summed E-state index contributed by atoms with van der Waals surface area (Å²) in [6.07, 6.45) is 5.16. The molecule has 150 valence electrons. The number of para-hydroxylation sites is 2. The van der Waals surface area contributed by atoms with Crippen molar-refractivity contribution < 1.29 is 4.79 Å². The van der Waals surface area contributed by atoms with E-state index in [0.29, 0.717) is 6.04 Å². The monoisotopic (exact) mass is 388 g/mol. The quantitative estimate of drug-likeness (QED) is 0.678. The SMILES string of the molecule is C[C@@H](c1ccc(C(=O)C2CCCN2C2CCNC2)cc1)n1cnc2ccccc21. The Hall–Kier alpha value is -2.50. The average Bonchev–Trinajstić information content (AvgIpc) is 3.52. The van der Waals surface area contributed by atoms with Crippen molar-refractivity contribution in [1.82, 2.24) is 19.8 Å². The summed E-state index contributed by atoms with van der Waals surface area (Å²) in [5, 5.41) is 3.43. The minimum Gasteiger partial charge on any atom is -0.323 e. The lowest BCUT2D eigenvalue weighted by Crippen LogP contribution is -2.44. The molecule has 0 amide bonds. The molecule has 2 aliphatic rings. The van der Waals surface area contributed by atoms with Crippen LogP contribution < -0.4 is 5.32 Å². The third kappa shape index (κ3) is 3.38. The van der Waals surface area contributed by atoms with E-state index >= 15 is 0 Å². The summed E-state index contributed by atoms with van der Waals surface area (Å²) >= 11 is 0. The van der Waals surface area contributed by atoms with E-state index in [4.69, 9.17) is 0 Å². The molecule has 5 rings (SSSR count). The first kappa shape index (κ1) is 18.5. The first-order chi connectivity index (χ1) is 14.2. The minimum atomic E-state index is 0.0424. The second-order valence-corrected chi connectivity index (χ2v) is 8.35. The summed E-state index contributed by atoms with van der Waals surface area (Å²) in [5.74, 6) is 0.279. The third-order valence-corrected chi connectivity index (χ3v) is 6.68. The highest BCUT2D eigenvalue weighted by Gasteiger charge is 2.36. The molecule has 1 aromatic heterocycles. The van der Waals surface area contributed by atoms with Crippen molar-refractivity contribution in [2.45, 2.75) is 44.3 Å². The third-order valence-electron chi connectivity index (χ3n) is 6.68. The molecule has 5 heteroatoms. The van der Waals surface area contributed by atoms with Crippen LogP contribution in [0.3, 0.4) is 0 Å². The van der Waals surface area contributed by atoms with Gasteiger partial charge in [0.25, 0.3) is 0 Å². The molecule has 5 nitrogen and oxygen atoms in total. The second kappa shape index (κ2) is 7.73. The van der Waals surface area contributed by atoms with Gasteiger partial charge in [-0.2, -0.15) is 0 Å². The molecule has 3 aromatic rings. The summed E-state index contributed by atoms with van der Waals surface area (Å²) in [6.45, 7) is 5.30. The van der Waals surface area contributed by atoms with Crippen LogP contribution in [0.15, 0.2) is 54.9 Å². The van der Waals surface area contributed by atoms with E-state index in [1.165, 1.54) is 5.56 Å². The molecule has 0 spiro atoms. The van der Waals surface area contributed by atoms with E-state index in [1.54, 1.807) is 0 Å². The number of carbonyl (C=O) groups excluding carboxylic acids is 1. The van der Waals surface area contributed by atoms with Gasteiger partial charge >= 0.3 is 0 Å². The van der Waals surface area contributed by atoms with Crippen LogP contribution in [0.4, 0.5) is 0 Å². The Bertz CT molecular complexity index is 1000. The van der Waals surface area contributed by atoms with Crippen LogP contribution in [0.1, 0.15) is 48.1 Å². The summed E-state index contributed by atoms with van der Waals surface area (Å²) < 4.78 is 2.19. The summed E-state index contributed by atoms with van der Waals surface area (Å²) in [5.41, 5.74) is 4.16. The van der Waals surface area contributed by atoms with Crippen LogP contribution in [0, 0.1) is 0 Å². The Morgan fingerprint density at radius 3 is 2.76 bits per heavy atom. The fourth-order valence-electron chi connectivity index (χ4n) is 5.00. The molecule has 29 heavy (non-hydrogen) atoms. The highest BCUT2D eigenvalue weighted by molar-refractivity contribution is 6.00. The maximum Gasteiger partial charge on any atom is 0.179 e. The number of hydrogen-bond acceptors (Lipinski definition) is 4. The predicted octanol–water partition coefficient (Wildman–Crippen LogP) is 3.65. The molecule has 2 aromatic carbocycles. The maximum absolute atomic E-state index is 13.2. The molecule has 3 heterocycles. The number of benzene rings is 2. The van der Waals surface area contributed by atoms with Crippen LogP contribution in [0.2, 0.25) is 0 Å². The molecule has 1 N–H and O–H groups in total. The molecular weight excluding hydrogens is 360 g/mol. The number of hydrogen-bond donors (Lipinski definition) is 1. The number of carbonyl (C=O) groups is 1. The lowest BCUT2D eigenvalue weighted by atomic mass is 9.98. The van der Waals surface area contributed by atoms with Gasteiger partial charge in [0.1, 0.15) is 0 Å². The van der Waals surface area contributed by atoms with Gasteiger partial charge in [-0.3, -0.25) is 9.69 Å². The average molecular weight is 389 g/mol. The van der Waals surface area contributed by atoms with Gasteiger partial charge in [-0.15, -0.1) is 0 Å². The van der Waals surface area contributed by atoms with Crippen molar-refractivity contribution in [2.24, 2.45) is 0 Å². The lowest BCUT2D eigenvalue weighted by Gasteiger charge is -2.29. The Labute approximate surface area is 171 Å². The Balaban J connectivity index is 1.35. The molecule has 2 fully saturated rings. The summed E-state index contributed by atoms with van der Waals surface area (Å²) in [4.78, 5) is 20.2. The van der Waals surface area contributed by atoms with Crippen LogP contribution in [0.5, 0.6) is 0 Å². The summed E-state index contributed by atoms with van der Waals surface area (Å²) in [6, 6.07) is 17.1. The number of nitrogens with one attached hydrogen (secondary N) is 1. The van der Waals surface area contributed by atoms with E-state index in [1.807, 2.05) is 36.7 Å². The fraction of sp³-hybridized carbons (Fsp3) is 0.417. The van der Waals surface area contributed by atoms with E-state index in [-0.39, 0.29) is 17.9 Å². The number of fused-ring (bicyclic) bond motifs is 1. The number of likely N-dealkylation sites (tertiary alicyclic amines) is 1. The molecule has 0 saturated carbocycles. The van der Waals surface area contributed by atoms with Crippen molar-refractivity contribution in [3.63, 3.8) is 0 Å². The van der Waals surface area contributed by atoms with Gasteiger partial charge in [0.05, 0.1) is 29.4 Å². The maximum atomic E-state index is 13.2. The smallest absolute Gasteiger partial charge is 0.179 e. The zero-order chi connectivity index (χ0) is 19.8. The first-order valence-electron chi connectivity index (χ1n) is 10.7. The number of imidazole rings is 1. The van der Waals surface area contributed by atoms with E-state index < -0.39 is 0 Å². The highest BCUT2D eigenvalue weighted by atomic mass is 16.1. The van der Waals surface area contributed by atoms with Gasteiger partial charge in [-0.25, -0.2) is 4.98 Å². The Morgan fingerprint density at radius 2 is 1.97 bits per heavy atom. The van der Waals surface area contributed by atoms with Crippen molar-refractivity contribution in [3.05, 3.63) is 66.0 Å². The Kier molecular flexibility index (Phi) is 4.94. The van der Waals surface area contributed by atoms with Gasteiger partial charge in [-0.05, 0) is 57.0 Å². The van der Waals surface area contributed by atoms with Gasteiger partial charge in [0, 0.05) is 18.2 Å². The molecule has 0 aliphatic carbocycles. The first-order valence-corrected chi connectivity index (χ1v) is 10.7. The van der Waals surface area contributed by atoms with E-state index in [2.05, 4.69) is 44.9 Å². The van der Waals surface area contributed by atoms with E-state index in [0.717, 1.165) is 55.5 Å². The molecule has 2 saturated heterocycles. The largest absolute Gasteiger partial charge is 0.323 e. The number of rotatable bonds is 5. The van der Waals surface area contributed by atoms with Gasteiger partial charge < -0.3 is 9.88 Å². The van der Waals surface area contributed by atoms with Gasteiger partial charge in [-0.1, -0.05) is 36.4 Å². The van der Waals surface area contributed by atoms with Crippen molar-refractivity contribution in [2.75, 3.05) is 19.6 Å². The van der Waals surface area contributed by atoms with Gasteiger partial charge in [0.2, 0.25) is 0 Å². The predicted molar refractivity (Wildman–Crippen MR) is 115 cm³/mol. The van der Waals surface area contributed by atoms with Crippen LogP contribution in [0.25, 0.3) is 11.0 Å². The molecule has 2 unspecified atom stereocenters. The zero-order valence-electron chi connectivity index (χ0n) is 16.9. The normalized spacial score (nSPS) is 23.6. The van der Waals surface area contributed by atoms with Crippen molar-refractivity contribution in [3.8, 4) is 0 Å². The highest BCUT2D eigenvalue weighted by Crippen LogP contribution is 2.27. The number of ketones is 1. The van der Waals surface area contributed by atoms with Crippen LogP contribution in [-0.4, -0.2) is 52.0 Å². The van der Waals surface area contributed by atoms with Crippen LogP contribution in [-0.2, 0) is 0 Å². The number of aromatic nitrogens is 2. The van der Waals surface area contributed by atoms with Crippen molar-refractivity contribution >= 4 is 16.8 Å². The molecule has 2 aliphatic heterocycles. The Morgan fingerprint density at radius 1 is 1.14 bits per heavy atom.